The predicted molar refractivity (Wildman–Crippen MR) is 87.3 cm³/mol. The molecule has 2 heterocycles. The van der Waals surface area contributed by atoms with Gasteiger partial charge in [0.2, 0.25) is 0 Å². The molecule has 21 heavy (non-hydrogen) atoms. The van der Waals surface area contributed by atoms with Gasteiger partial charge < -0.3 is 25.0 Å². The second-order valence-electron chi connectivity index (χ2n) is 5.53. The van der Waals surface area contributed by atoms with Crippen molar-refractivity contribution in [2.45, 2.75) is 18.9 Å². The fourth-order valence-electron chi connectivity index (χ4n) is 2.63. The second kappa shape index (κ2) is 6.49. The molecule has 0 amide bonds. The van der Waals surface area contributed by atoms with Crippen molar-refractivity contribution < 1.29 is 9.47 Å². The highest BCUT2D eigenvalue weighted by Gasteiger charge is 2.17. The normalized spacial score (nSPS) is 19.1. The standard InChI is InChI=1S/C15H21N3O2S/c1-18-6-4-11(5-7-18)16-15(21)17-12-2-3-13-14(10-12)20-9-8-19-13/h2-3,10-11H,4-9H2,1H3,(H2,16,17,21). The van der Waals surface area contributed by atoms with Crippen LogP contribution in [0.4, 0.5) is 5.69 Å². The molecule has 0 bridgehead atoms. The Bertz CT molecular complexity index is 516. The Balaban J connectivity index is 1.55. The number of rotatable bonds is 2. The summed E-state index contributed by atoms with van der Waals surface area (Å²) in [4.78, 5) is 2.34. The number of nitrogens with zero attached hydrogens (tertiary/aromatic N) is 1. The maximum absolute atomic E-state index is 5.57. The van der Waals surface area contributed by atoms with Gasteiger partial charge in [0.25, 0.3) is 0 Å². The van der Waals surface area contributed by atoms with E-state index in [1.165, 1.54) is 0 Å². The Labute approximate surface area is 130 Å². The van der Waals surface area contributed by atoms with Gasteiger partial charge in [0, 0.05) is 17.8 Å². The number of thiocarbonyl (C=S) groups is 1. The molecular formula is C15H21N3O2S. The van der Waals surface area contributed by atoms with E-state index in [1.54, 1.807) is 0 Å². The van der Waals surface area contributed by atoms with Crippen molar-refractivity contribution in [2.24, 2.45) is 0 Å². The lowest BCUT2D eigenvalue weighted by atomic mass is 10.1. The lowest BCUT2D eigenvalue weighted by Crippen LogP contribution is -2.44. The van der Waals surface area contributed by atoms with E-state index >= 15 is 0 Å². The van der Waals surface area contributed by atoms with Gasteiger partial charge >= 0.3 is 0 Å². The van der Waals surface area contributed by atoms with Crippen LogP contribution in [0.25, 0.3) is 0 Å². The summed E-state index contributed by atoms with van der Waals surface area (Å²) in [6.07, 6.45) is 2.25. The molecule has 114 valence electrons. The van der Waals surface area contributed by atoms with Crippen molar-refractivity contribution in [2.75, 3.05) is 38.7 Å². The van der Waals surface area contributed by atoms with Crippen molar-refractivity contribution in [1.29, 1.82) is 0 Å². The summed E-state index contributed by atoms with van der Waals surface area (Å²) in [7, 11) is 2.15. The fourth-order valence-corrected chi connectivity index (χ4v) is 2.91. The van der Waals surface area contributed by atoms with Crippen LogP contribution in [0.3, 0.4) is 0 Å². The van der Waals surface area contributed by atoms with Crippen LogP contribution in [0, 0.1) is 0 Å². The average Bonchev–Trinajstić information content (AvgIpc) is 2.49. The summed E-state index contributed by atoms with van der Waals surface area (Å²) in [5.41, 5.74) is 0.921. The Morgan fingerprint density at radius 2 is 1.90 bits per heavy atom. The minimum Gasteiger partial charge on any atom is -0.486 e. The number of piperidine rings is 1. The summed E-state index contributed by atoms with van der Waals surface area (Å²) in [6, 6.07) is 6.25. The van der Waals surface area contributed by atoms with E-state index in [1.807, 2.05) is 18.2 Å². The highest BCUT2D eigenvalue weighted by Crippen LogP contribution is 2.32. The van der Waals surface area contributed by atoms with Gasteiger partial charge in [0.1, 0.15) is 13.2 Å². The van der Waals surface area contributed by atoms with Crippen molar-refractivity contribution >= 4 is 23.0 Å². The van der Waals surface area contributed by atoms with Crippen molar-refractivity contribution in [3.8, 4) is 11.5 Å². The molecule has 1 fully saturated rings. The van der Waals surface area contributed by atoms with E-state index in [2.05, 4.69) is 22.6 Å². The van der Waals surface area contributed by atoms with E-state index in [4.69, 9.17) is 21.7 Å². The zero-order valence-electron chi connectivity index (χ0n) is 12.2. The molecule has 3 rings (SSSR count). The molecule has 0 radical (unpaired) electrons. The van der Waals surface area contributed by atoms with E-state index in [0.717, 1.165) is 43.1 Å². The van der Waals surface area contributed by atoms with Crippen LogP contribution < -0.4 is 20.1 Å². The Kier molecular flexibility index (Phi) is 4.45. The predicted octanol–water partition coefficient (Wildman–Crippen LogP) is 1.84. The van der Waals surface area contributed by atoms with Gasteiger partial charge in [-0.15, -0.1) is 0 Å². The lowest BCUT2D eigenvalue weighted by Gasteiger charge is -2.30. The minimum atomic E-state index is 0.457. The number of benzene rings is 1. The lowest BCUT2D eigenvalue weighted by molar-refractivity contribution is 0.171. The Hall–Kier alpha value is -1.53. The smallest absolute Gasteiger partial charge is 0.170 e. The van der Waals surface area contributed by atoms with Crippen LogP contribution >= 0.6 is 12.2 Å². The van der Waals surface area contributed by atoms with Crippen molar-refractivity contribution in [3.63, 3.8) is 0 Å². The molecule has 2 aliphatic heterocycles. The summed E-state index contributed by atoms with van der Waals surface area (Å²) in [5, 5.41) is 7.28. The number of fused-ring (bicyclic) bond motifs is 1. The molecule has 1 aromatic carbocycles. The topological polar surface area (TPSA) is 45.8 Å². The SMILES string of the molecule is CN1CCC(NC(=S)Nc2ccc3c(c2)OCCO3)CC1. The Morgan fingerprint density at radius 3 is 2.67 bits per heavy atom. The monoisotopic (exact) mass is 307 g/mol. The van der Waals surface area contributed by atoms with E-state index in [9.17, 15) is 0 Å². The maximum Gasteiger partial charge on any atom is 0.170 e. The molecule has 2 N–H and O–H groups in total. The van der Waals surface area contributed by atoms with Gasteiger partial charge in [-0.25, -0.2) is 0 Å². The van der Waals surface area contributed by atoms with Crippen molar-refractivity contribution in [3.05, 3.63) is 18.2 Å². The molecule has 0 unspecified atom stereocenters. The molecule has 0 saturated carbocycles. The first kappa shape index (κ1) is 14.4. The molecule has 1 aromatic rings. The van der Waals surface area contributed by atoms with Crippen LogP contribution in [0.15, 0.2) is 18.2 Å². The van der Waals surface area contributed by atoms with Gasteiger partial charge in [-0.1, -0.05) is 0 Å². The van der Waals surface area contributed by atoms with Crippen molar-refractivity contribution in [1.82, 2.24) is 10.2 Å². The summed E-state index contributed by atoms with van der Waals surface area (Å²) < 4.78 is 11.1. The first-order chi connectivity index (χ1) is 10.2. The molecule has 2 aliphatic rings. The molecule has 6 heteroatoms. The summed E-state index contributed by atoms with van der Waals surface area (Å²) >= 11 is 5.39. The highest BCUT2D eigenvalue weighted by atomic mass is 32.1. The largest absolute Gasteiger partial charge is 0.486 e. The van der Waals surface area contributed by atoms with E-state index in [0.29, 0.717) is 24.4 Å². The summed E-state index contributed by atoms with van der Waals surface area (Å²) in [5.74, 6) is 1.56. The molecular weight excluding hydrogens is 286 g/mol. The van der Waals surface area contributed by atoms with Crippen LogP contribution in [0.5, 0.6) is 11.5 Å². The molecule has 5 nitrogen and oxygen atoms in total. The van der Waals surface area contributed by atoms with Gasteiger partial charge in [-0.2, -0.15) is 0 Å². The minimum absolute atomic E-state index is 0.457. The quantitative estimate of drug-likeness (QED) is 0.813. The number of likely N-dealkylation sites (tertiary alicyclic amines) is 1. The van der Waals surface area contributed by atoms with Gasteiger partial charge in [0.15, 0.2) is 16.6 Å². The molecule has 0 atom stereocenters. The number of anilines is 1. The first-order valence-electron chi connectivity index (χ1n) is 7.36. The summed E-state index contributed by atoms with van der Waals surface area (Å²) in [6.45, 7) is 3.43. The third kappa shape index (κ3) is 3.77. The number of nitrogens with one attached hydrogen (secondary N) is 2. The first-order valence-corrected chi connectivity index (χ1v) is 7.77. The zero-order valence-corrected chi connectivity index (χ0v) is 13.0. The molecule has 1 saturated heterocycles. The van der Waals surface area contributed by atoms with Gasteiger partial charge in [0.05, 0.1) is 0 Å². The number of ether oxygens (including phenoxy) is 2. The maximum atomic E-state index is 5.57. The Morgan fingerprint density at radius 1 is 1.19 bits per heavy atom. The average molecular weight is 307 g/mol. The third-order valence-electron chi connectivity index (χ3n) is 3.85. The molecule has 0 aliphatic carbocycles. The van der Waals surface area contributed by atoms with E-state index < -0.39 is 0 Å². The number of hydrogen-bond acceptors (Lipinski definition) is 4. The van der Waals surface area contributed by atoms with Gasteiger partial charge in [-0.3, -0.25) is 0 Å². The fraction of sp³-hybridized carbons (Fsp3) is 0.533. The van der Waals surface area contributed by atoms with Crippen LogP contribution in [0.1, 0.15) is 12.8 Å². The van der Waals surface area contributed by atoms with Gasteiger partial charge in [-0.05, 0) is 57.3 Å². The zero-order chi connectivity index (χ0) is 14.7. The second-order valence-corrected chi connectivity index (χ2v) is 5.94. The van der Waals surface area contributed by atoms with Crippen LogP contribution in [0.2, 0.25) is 0 Å². The molecule has 0 aromatic heterocycles. The third-order valence-corrected chi connectivity index (χ3v) is 4.07. The van der Waals surface area contributed by atoms with E-state index in [-0.39, 0.29) is 0 Å². The highest BCUT2D eigenvalue weighted by molar-refractivity contribution is 7.80. The molecule has 0 spiro atoms. The number of hydrogen-bond donors (Lipinski definition) is 2. The van der Waals surface area contributed by atoms with Crippen LogP contribution in [-0.2, 0) is 0 Å². The van der Waals surface area contributed by atoms with Crippen LogP contribution in [-0.4, -0.2) is 49.4 Å².